The van der Waals surface area contributed by atoms with Gasteiger partial charge in [-0.25, -0.2) is 4.98 Å². The van der Waals surface area contributed by atoms with Crippen LogP contribution in [0, 0.1) is 0 Å². The van der Waals surface area contributed by atoms with E-state index in [1.165, 1.54) is 6.92 Å². The molecule has 0 saturated carbocycles. The van der Waals surface area contributed by atoms with Gasteiger partial charge in [-0.05, 0) is 29.8 Å². The Morgan fingerprint density at radius 2 is 2.00 bits per heavy atom. The number of pyridine rings is 1. The fraction of sp³-hybridized carbons (Fsp3) is 0.0714. The lowest BCUT2D eigenvalue weighted by atomic mass is 10.2. The molecule has 1 amide bonds. The van der Waals surface area contributed by atoms with E-state index in [0.29, 0.717) is 5.82 Å². The lowest BCUT2D eigenvalue weighted by Gasteiger charge is -2.01. The summed E-state index contributed by atoms with van der Waals surface area (Å²) in [5, 5.41) is 6.78. The molecule has 2 rings (SSSR count). The minimum absolute atomic E-state index is 0.0850. The normalized spacial score (nSPS) is 10.4. The van der Waals surface area contributed by atoms with Crippen molar-refractivity contribution >= 4 is 23.6 Å². The number of carbonyl (C=O) groups is 1. The molecule has 0 fully saturated rings. The van der Waals surface area contributed by atoms with Crippen molar-refractivity contribution in [3.8, 4) is 0 Å². The summed E-state index contributed by atoms with van der Waals surface area (Å²) >= 11 is 0. The van der Waals surface area contributed by atoms with Crippen molar-refractivity contribution in [2.75, 3.05) is 10.7 Å². The summed E-state index contributed by atoms with van der Waals surface area (Å²) in [6, 6.07) is 12.9. The minimum Gasteiger partial charge on any atom is -0.326 e. The second-order valence-electron chi connectivity index (χ2n) is 3.89. The van der Waals surface area contributed by atoms with Crippen LogP contribution in [-0.2, 0) is 4.79 Å². The van der Waals surface area contributed by atoms with Crippen molar-refractivity contribution in [2.24, 2.45) is 5.10 Å². The molecule has 1 aromatic carbocycles. The zero-order valence-electron chi connectivity index (χ0n) is 10.5. The molecule has 5 nitrogen and oxygen atoms in total. The second kappa shape index (κ2) is 6.30. The molecule has 0 bridgehead atoms. The Morgan fingerprint density at radius 3 is 2.63 bits per heavy atom. The summed E-state index contributed by atoms with van der Waals surface area (Å²) in [5.41, 5.74) is 4.52. The van der Waals surface area contributed by atoms with E-state index in [9.17, 15) is 4.79 Å². The zero-order valence-corrected chi connectivity index (χ0v) is 10.5. The summed E-state index contributed by atoms with van der Waals surface area (Å²) in [6.07, 6.45) is 3.38. The standard InChI is InChI=1S/C14H14N4O/c1-11(19)17-13-7-5-12(6-8-13)10-16-18-14-4-2-3-9-15-14/h2-10H,1H3,(H,15,18)(H,17,19)/b16-10-. The lowest BCUT2D eigenvalue weighted by Crippen LogP contribution is -2.05. The van der Waals surface area contributed by atoms with Crippen molar-refractivity contribution in [1.29, 1.82) is 0 Å². The van der Waals surface area contributed by atoms with Crippen LogP contribution in [0.5, 0.6) is 0 Å². The number of amides is 1. The van der Waals surface area contributed by atoms with Gasteiger partial charge < -0.3 is 5.32 Å². The maximum Gasteiger partial charge on any atom is 0.221 e. The van der Waals surface area contributed by atoms with E-state index < -0.39 is 0 Å². The first-order chi connectivity index (χ1) is 9.24. The van der Waals surface area contributed by atoms with Crippen molar-refractivity contribution in [3.05, 3.63) is 54.2 Å². The Balaban J connectivity index is 1.94. The van der Waals surface area contributed by atoms with Crippen LogP contribution in [0.4, 0.5) is 11.5 Å². The molecule has 0 unspecified atom stereocenters. The number of nitrogens with zero attached hydrogens (tertiary/aromatic N) is 2. The number of rotatable bonds is 4. The van der Waals surface area contributed by atoms with Crippen LogP contribution in [-0.4, -0.2) is 17.1 Å². The van der Waals surface area contributed by atoms with Gasteiger partial charge in [-0.1, -0.05) is 18.2 Å². The summed E-state index contributed by atoms with van der Waals surface area (Å²) in [4.78, 5) is 15.0. The van der Waals surface area contributed by atoms with Gasteiger partial charge >= 0.3 is 0 Å². The average Bonchev–Trinajstić information content (AvgIpc) is 2.41. The van der Waals surface area contributed by atoms with Crippen molar-refractivity contribution < 1.29 is 4.79 Å². The van der Waals surface area contributed by atoms with E-state index in [2.05, 4.69) is 20.8 Å². The van der Waals surface area contributed by atoms with Crippen LogP contribution in [0.1, 0.15) is 12.5 Å². The third-order valence-corrected chi connectivity index (χ3v) is 2.29. The molecule has 0 spiro atoms. The number of hydrazone groups is 1. The van der Waals surface area contributed by atoms with Gasteiger partial charge in [0.2, 0.25) is 5.91 Å². The first-order valence-corrected chi connectivity index (χ1v) is 5.82. The number of carbonyl (C=O) groups excluding carboxylic acids is 1. The largest absolute Gasteiger partial charge is 0.326 e. The number of anilines is 2. The van der Waals surface area contributed by atoms with Crippen molar-refractivity contribution in [2.45, 2.75) is 6.92 Å². The van der Waals surface area contributed by atoms with E-state index >= 15 is 0 Å². The van der Waals surface area contributed by atoms with Gasteiger partial charge in [-0.3, -0.25) is 10.2 Å². The van der Waals surface area contributed by atoms with E-state index in [4.69, 9.17) is 0 Å². The highest BCUT2D eigenvalue weighted by Gasteiger charge is 1.94. The molecule has 2 N–H and O–H groups in total. The number of aromatic nitrogens is 1. The predicted octanol–water partition coefficient (Wildman–Crippen LogP) is 2.49. The maximum atomic E-state index is 10.9. The Hall–Kier alpha value is -2.69. The number of nitrogens with one attached hydrogen (secondary N) is 2. The number of benzene rings is 1. The summed E-state index contributed by atoms with van der Waals surface area (Å²) in [5.74, 6) is 0.604. The highest BCUT2D eigenvalue weighted by Crippen LogP contribution is 2.08. The molecule has 0 atom stereocenters. The fourth-order valence-corrected chi connectivity index (χ4v) is 1.46. The Kier molecular flexibility index (Phi) is 4.23. The van der Waals surface area contributed by atoms with Crippen LogP contribution in [0.15, 0.2) is 53.8 Å². The Morgan fingerprint density at radius 1 is 1.21 bits per heavy atom. The van der Waals surface area contributed by atoms with Crippen LogP contribution >= 0.6 is 0 Å². The van der Waals surface area contributed by atoms with E-state index in [1.54, 1.807) is 12.4 Å². The third kappa shape index (κ3) is 4.23. The van der Waals surface area contributed by atoms with Crippen molar-refractivity contribution in [3.63, 3.8) is 0 Å². The molecular formula is C14H14N4O. The molecule has 5 heteroatoms. The number of hydrogen-bond acceptors (Lipinski definition) is 4. The second-order valence-corrected chi connectivity index (χ2v) is 3.89. The van der Waals surface area contributed by atoms with Gasteiger partial charge in [-0.15, -0.1) is 0 Å². The van der Waals surface area contributed by atoms with Gasteiger partial charge in [0, 0.05) is 18.8 Å². The molecular weight excluding hydrogens is 240 g/mol. The Bertz CT molecular complexity index is 564. The van der Waals surface area contributed by atoms with Crippen LogP contribution < -0.4 is 10.7 Å². The topological polar surface area (TPSA) is 66.4 Å². The molecule has 19 heavy (non-hydrogen) atoms. The van der Waals surface area contributed by atoms with Gasteiger partial charge in [0.1, 0.15) is 5.82 Å². The van der Waals surface area contributed by atoms with Gasteiger partial charge in [-0.2, -0.15) is 5.10 Å². The highest BCUT2D eigenvalue weighted by atomic mass is 16.1. The summed E-state index contributed by atoms with van der Waals surface area (Å²) in [6.45, 7) is 1.48. The maximum absolute atomic E-state index is 10.9. The van der Waals surface area contributed by atoms with E-state index in [-0.39, 0.29) is 5.91 Å². The molecule has 96 valence electrons. The smallest absolute Gasteiger partial charge is 0.221 e. The molecule has 0 radical (unpaired) electrons. The summed E-state index contributed by atoms with van der Waals surface area (Å²) in [7, 11) is 0. The van der Waals surface area contributed by atoms with Gasteiger partial charge in [0.15, 0.2) is 0 Å². The van der Waals surface area contributed by atoms with Crippen LogP contribution in [0.3, 0.4) is 0 Å². The predicted molar refractivity (Wildman–Crippen MR) is 76.2 cm³/mol. The van der Waals surface area contributed by atoms with Gasteiger partial charge in [0.25, 0.3) is 0 Å². The minimum atomic E-state index is -0.0850. The molecule has 0 saturated heterocycles. The first kappa shape index (κ1) is 12.8. The first-order valence-electron chi connectivity index (χ1n) is 5.82. The number of hydrogen-bond donors (Lipinski definition) is 2. The Labute approximate surface area is 111 Å². The monoisotopic (exact) mass is 254 g/mol. The molecule has 0 aliphatic rings. The molecule has 0 aliphatic heterocycles. The average molecular weight is 254 g/mol. The quantitative estimate of drug-likeness (QED) is 0.650. The third-order valence-electron chi connectivity index (χ3n) is 2.29. The van der Waals surface area contributed by atoms with E-state index in [0.717, 1.165) is 11.3 Å². The van der Waals surface area contributed by atoms with Gasteiger partial charge in [0.05, 0.1) is 6.21 Å². The fourth-order valence-electron chi connectivity index (χ4n) is 1.46. The van der Waals surface area contributed by atoms with E-state index in [1.807, 2.05) is 42.5 Å². The zero-order chi connectivity index (χ0) is 13.5. The molecule has 1 aromatic heterocycles. The summed E-state index contributed by atoms with van der Waals surface area (Å²) < 4.78 is 0. The SMILES string of the molecule is CC(=O)Nc1ccc(/C=N\Nc2ccccn2)cc1. The van der Waals surface area contributed by atoms with Crippen LogP contribution in [0.2, 0.25) is 0 Å². The molecule has 0 aliphatic carbocycles. The van der Waals surface area contributed by atoms with Crippen molar-refractivity contribution in [1.82, 2.24) is 4.98 Å². The lowest BCUT2D eigenvalue weighted by molar-refractivity contribution is -0.114. The molecule has 1 heterocycles. The van der Waals surface area contributed by atoms with Crippen LogP contribution in [0.25, 0.3) is 0 Å². The molecule has 2 aromatic rings. The highest BCUT2D eigenvalue weighted by molar-refractivity contribution is 5.89.